The van der Waals surface area contributed by atoms with E-state index in [2.05, 4.69) is 76.8 Å². The number of aromatic nitrogens is 9. The molecule has 7 heterocycles. The number of carbonyl (C=O) groups excluding carboxylic acids is 10. The number of nitrogens with zero attached hydrogens (tertiary/aromatic N) is 6. The molecule has 0 fully saturated rings. The van der Waals surface area contributed by atoms with Crippen molar-refractivity contribution in [2.24, 2.45) is 5.73 Å². The average Bonchev–Trinajstić information content (AvgIpc) is 1.81. The maximum Gasteiger partial charge on any atom is 0.248 e. The van der Waals surface area contributed by atoms with Crippen LogP contribution in [0.5, 0.6) is 0 Å². The number of fused-ring (bicyclic) bond motifs is 5. The standard InChI is InChI=1S/C72H81N19O10/c1-42(92)83-60(28-51-34-74-39-80-51)67(96)86-63(25-48-31-77-57-15-7-4-12-54(48)57)70(99)89-18-10-20-90(71(100)64(26-49-32-78-58-16-8-5-13-55(49)58)87-68(97)61(84-43(2)93)29-52-35-75-40-81-52)37-45-22-46(24-47(23-45)66(73)95)38-91(21-11-19-89)72(101)65(27-50-33-79-59-17-9-6-14-56(50)59)88-69(98)62(85-44(3)94)30-53-36-76-41-82-53/h4-9,12-17,22-24,31-36,39-41,60-65,77-79H,10-11,18-21,25-30,37-38H2,1-3H3,(H2,73,95)(H,74,80)(H,75,81)(H,76,82)(H,83,92)(H,84,93)(H,85,94)(H,86,96)(H,87,97)(H,88,98)/t60-,61-,62-,63-,64-,65-/m0/s1. The number of nitrogens with one attached hydrogen (secondary N) is 12. The van der Waals surface area contributed by atoms with Crippen LogP contribution in [0.25, 0.3) is 32.7 Å². The molecule has 10 amide bonds. The highest BCUT2D eigenvalue weighted by Crippen LogP contribution is 2.26. The van der Waals surface area contributed by atoms with E-state index in [9.17, 15) is 33.6 Å². The van der Waals surface area contributed by atoms with Crippen molar-refractivity contribution in [1.82, 2.24) is 91.5 Å². The molecule has 0 radical (unpaired) electrons. The molecule has 101 heavy (non-hydrogen) atoms. The first-order valence-corrected chi connectivity index (χ1v) is 33.4. The number of amides is 10. The largest absolute Gasteiger partial charge is 0.366 e. The second-order valence-electron chi connectivity index (χ2n) is 25.4. The zero-order valence-corrected chi connectivity index (χ0v) is 56.1. The van der Waals surface area contributed by atoms with Crippen LogP contribution in [0, 0.1) is 0 Å². The molecule has 29 heteroatoms. The van der Waals surface area contributed by atoms with Crippen LogP contribution >= 0.6 is 0 Å². The van der Waals surface area contributed by atoms with Gasteiger partial charge in [0.1, 0.15) is 36.3 Å². The summed E-state index contributed by atoms with van der Waals surface area (Å²) in [6.45, 7) is 3.18. The van der Waals surface area contributed by atoms with Crippen LogP contribution in [0.2, 0.25) is 0 Å². The minimum absolute atomic E-state index is 0.0249. The van der Waals surface area contributed by atoms with E-state index >= 15 is 14.4 Å². The Bertz CT molecular complexity index is 4400. The lowest BCUT2D eigenvalue weighted by atomic mass is 10.00. The van der Waals surface area contributed by atoms with Gasteiger partial charge in [0.2, 0.25) is 59.1 Å². The second-order valence-corrected chi connectivity index (χ2v) is 25.4. The zero-order chi connectivity index (χ0) is 71.1. The number of imidazole rings is 3. The molecule has 524 valence electrons. The summed E-state index contributed by atoms with van der Waals surface area (Å²) >= 11 is 0. The third kappa shape index (κ3) is 18.1. The number of benzene rings is 4. The fraction of sp³-hybridized carbons (Fsp3) is 0.319. The Balaban J connectivity index is 1.00. The van der Waals surface area contributed by atoms with E-state index in [4.69, 9.17) is 5.73 Å². The summed E-state index contributed by atoms with van der Waals surface area (Å²) in [5.41, 5.74) is 12.8. The predicted molar refractivity (Wildman–Crippen MR) is 373 cm³/mol. The smallest absolute Gasteiger partial charge is 0.248 e. The van der Waals surface area contributed by atoms with Crippen LogP contribution < -0.4 is 37.6 Å². The molecule has 10 aromatic rings. The Morgan fingerprint density at radius 2 is 0.723 bits per heavy atom. The van der Waals surface area contributed by atoms with Crippen LogP contribution in [0.15, 0.2) is 147 Å². The van der Waals surface area contributed by atoms with E-state index in [-0.39, 0.29) is 96.2 Å². The van der Waals surface area contributed by atoms with Crippen LogP contribution in [0.3, 0.4) is 0 Å². The van der Waals surface area contributed by atoms with E-state index in [0.29, 0.717) is 44.9 Å². The van der Waals surface area contributed by atoms with Gasteiger partial charge in [-0.3, -0.25) is 47.9 Å². The quantitative estimate of drug-likeness (QED) is 0.0392. The first-order chi connectivity index (χ1) is 48.8. The van der Waals surface area contributed by atoms with Gasteiger partial charge in [-0.2, -0.15) is 0 Å². The Hall–Kier alpha value is -12.2. The van der Waals surface area contributed by atoms with Gasteiger partial charge in [-0.05, 0) is 71.0 Å². The van der Waals surface area contributed by atoms with Crippen LogP contribution in [0.1, 0.15) is 88.9 Å². The van der Waals surface area contributed by atoms with E-state index in [1.165, 1.54) is 49.6 Å². The van der Waals surface area contributed by atoms with Gasteiger partial charge in [0.05, 0.1) is 36.1 Å². The van der Waals surface area contributed by atoms with E-state index in [1.54, 1.807) is 60.3 Å². The number of aromatic amines is 6. The molecular weight excluding hydrogens is 1290 g/mol. The maximum atomic E-state index is 16.0. The number of primary amides is 1. The summed E-state index contributed by atoms with van der Waals surface area (Å²) in [5, 5.41) is 19.5. The third-order valence-electron chi connectivity index (χ3n) is 17.9. The summed E-state index contributed by atoms with van der Waals surface area (Å²) in [5.74, 6) is -6.05. The normalized spacial score (nSPS) is 14.7. The first-order valence-electron chi connectivity index (χ1n) is 33.4. The number of hydrogen-bond donors (Lipinski definition) is 13. The van der Waals surface area contributed by atoms with Crippen molar-refractivity contribution in [3.05, 3.63) is 198 Å². The molecule has 29 nitrogen and oxygen atoms in total. The van der Waals surface area contributed by atoms with E-state index in [1.807, 2.05) is 72.8 Å². The molecule has 0 saturated heterocycles. The van der Waals surface area contributed by atoms with Gasteiger partial charge in [-0.25, -0.2) is 15.0 Å². The van der Waals surface area contributed by atoms with Crippen molar-refractivity contribution in [2.45, 2.75) is 121 Å². The van der Waals surface area contributed by atoms with Crippen molar-refractivity contribution >= 4 is 91.8 Å². The van der Waals surface area contributed by atoms with Gasteiger partial charge in [0, 0.05) is 174 Å². The fourth-order valence-corrected chi connectivity index (χ4v) is 13.1. The Kier molecular flexibility index (Phi) is 22.5. The topological polar surface area (TPSA) is 412 Å². The molecule has 0 aliphatic carbocycles. The maximum absolute atomic E-state index is 16.0. The Morgan fingerprint density at radius 3 is 1.03 bits per heavy atom. The van der Waals surface area contributed by atoms with Gasteiger partial charge in [0.25, 0.3) is 0 Å². The lowest BCUT2D eigenvalue weighted by Gasteiger charge is -2.34. The average molecular weight is 1370 g/mol. The van der Waals surface area contributed by atoms with Crippen molar-refractivity contribution in [1.29, 1.82) is 0 Å². The van der Waals surface area contributed by atoms with Crippen LogP contribution in [0.4, 0.5) is 0 Å². The number of carbonyl (C=O) groups is 10. The molecule has 0 spiro atoms. The van der Waals surface area contributed by atoms with Gasteiger partial charge in [0.15, 0.2) is 0 Å². The van der Waals surface area contributed by atoms with Crippen LogP contribution in [-0.4, -0.2) is 181 Å². The fourth-order valence-electron chi connectivity index (χ4n) is 13.1. The summed E-state index contributed by atoms with van der Waals surface area (Å²) < 4.78 is 0. The van der Waals surface area contributed by atoms with Gasteiger partial charge >= 0.3 is 0 Å². The highest BCUT2D eigenvalue weighted by molar-refractivity contribution is 5.97. The molecule has 4 aromatic carbocycles. The molecule has 2 bridgehead atoms. The Labute approximate surface area is 579 Å². The Morgan fingerprint density at radius 1 is 0.406 bits per heavy atom. The van der Waals surface area contributed by atoms with Crippen molar-refractivity contribution in [3.8, 4) is 0 Å². The minimum atomic E-state index is -1.32. The lowest BCUT2D eigenvalue weighted by Crippen LogP contribution is -2.56. The summed E-state index contributed by atoms with van der Waals surface area (Å²) in [4.78, 5) is 180. The number of hydrogen-bond acceptors (Lipinski definition) is 13. The minimum Gasteiger partial charge on any atom is -0.366 e. The molecule has 6 atom stereocenters. The lowest BCUT2D eigenvalue weighted by molar-refractivity contribution is -0.139. The molecule has 6 aromatic heterocycles. The molecular formula is C72H81N19O10. The molecule has 1 aliphatic heterocycles. The number of nitrogens with two attached hydrogens (primary N) is 1. The van der Waals surface area contributed by atoms with Crippen molar-refractivity contribution < 1.29 is 47.9 Å². The highest BCUT2D eigenvalue weighted by Gasteiger charge is 2.36. The number of rotatable bonds is 25. The zero-order valence-electron chi connectivity index (χ0n) is 56.1. The predicted octanol–water partition coefficient (Wildman–Crippen LogP) is 3.10. The van der Waals surface area contributed by atoms with Gasteiger partial charge < -0.3 is 82.2 Å². The summed E-state index contributed by atoms with van der Waals surface area (Å²) in [7, 11) is 0. The first kappa shape index (κ1) is 70.2. The number of H-pyrrole nitrogens is 6. The van der Waals surface area contributed by atoms with E-state index < -0.39 is 95.3 Å². The molecule has 11 rings (SSSR count). The third-order valence-corrected chi connectivity index (χ3v) is 17.9. The van der Waals surface area contributed by atoms with Crippen molar-refractivity contribution in [3.63, 3.8) is 0 Å². The monoisotopic (exact) mass is 1370 g/mol. The van der Waals surface area contributed by atoms with E-state index in [0.717, 1.165) is 32.7 Å². The van der Waals surface area contributed by atoms with Crippen LogP contribution in [-0.2, 0) is 94.8 Å². The highest BCUT2D eigenvalue weighted by atomic mass is 16.2. The van der Waals surface area contributed by atoms with Gasteiger partial charge in [-0.1, -0.05) is 60.7 Å². The SMILES string of the molecule is CC(=O)N[C@@H](Cc1c[nH]cn1)C(=O)N[C@@H](Cc1c[nH]c2ccccc12)C(=O)N1CCCN(C(=O)[C@H](Cc2c[nH]c3ccccc23)NC(=O)[C@H](Cc2c[nH]cn2)NC(C)=O)Cc2cc(cc(C(N)=O)c2)CN(C(=O)[C@H](Cc2c[nH]c3ccccc23)NC(=O)[C@H](Cc2c[nH]cn2)NC(C)=O)CCC1. The molecule has 1 aliphatic rings. The summed E-state index contributed by atoms with van der Waals surface area (Å²) in [6, 6.07) is 19.8. The number of para-hydroxylation sites is 3. The molecule has 0 saturated carbocycles. The van der Waals surface area contributed by atoms with Gasteiger partial charge in [-0.15, -0.1) is 0 Å². The van der Waals surface area contributed by atoms with Crippen molar-refractivity contribution in [2.75, 3.05) is 26.2 Å². The summed E-state index contributed by atoms with van der Waals surface area (Å²) in [6.07, 6.45) is 14.4. The molecule has 0 unspecified atom stereocenters. The molecule has 14 N–H and O–H groups in total. The second kappa shape index (κ2) is 32.5.